The van der Waals surface area contributed by atoms with Crippen molar-refractivity contribution in [1.29, 1.82) is 0 Å². The van der Waals surface area contributed by atoms with E-state index in [0.717, 1.165) is 13.0 Å². The maximum atomic E-state index is 11.6. The summed E-state index contributed by atoms with van der Waals surface area (Å²) in [7, 11) is 0. The van der Waals surface area contributed by atoms with Crippen LogP contribution in [0.5, 0.6) is 0 Å². The molecule has 0 heterocycles. The fourth-order valence-electron chi connectivity index (χ4n) is 1.72. The Balaban J connectivity index is 4.42. The first-order valence-corrected chi connectivity index (χ1v) is 6.24. The summed E-state index contributed by atoms with van der Waals surface area (Å²) < 4.78 is 0. The molecule has 1 unspecified atom stereocenters. The number of rotatable bonds is 3. The first-order chi connectivity index (χ1) is 6.96. The monoisotopic (exact) mass is 227 g/mol. The SMILES string of the molecule is CC(=O)N(CCC(C)C(C)(C)C)C(C)(C)C. The fourth-order valence-corrected chi connectivity index (χ4v) is 1.72. The highest BCUT2D eigenvalue weighted by molar-refractivity contribution is 5.74. The van der Waals surface area contributed by atoms with Crippen LogP contribution < -0.4 is 0 Å². The van der Waals surface area contributed by atoms with Crippen LogP contribution in [0.2, 0.25) is 0 Å². The van der Waals surface area contributed by atoms with Gasteiger partial charge in [-0.25, -0.2) is 0 Å². The molecule has 0 saturated heterocycles. The Labute approximate surface area is 101 Å². The van der Waals surface area contributed by atoms with Gasteiger partial charge in [0.15, 0.2) is 0 Å². The van der Waals surface area contributed by atoms with E-state index in [9.17, 15) is 4.79 Å². The number of nitrogens with zero attached hydrogens (tertiary/aromatic N) is 1. The summed E-state index contributed by atoms with van der Waals surface area (Å²) >= 11 is 0. The van der Waals surface area contributed by atoms with Gasteiger partial charge in [0.25, 0.3) is 0 Å². The Morgan fingerprint density at radius 2 is 1.56 bits per heavy atom. The molecule has 0 aliphatic rings. The molecule has 0 bridgehead atoms. The average molecular weight is 227 g/mol. The molecule has 0 aliphatic heterocycles. The van der Waals surface area contributed by atoms with Crippen molar-refractivity contribution in [1.82, 2.24) is 4.90 Å². The van der Waals surface area contributed by atoms with Gasteiger partial charge in [-0.3, -0.25) is 4.79 Å². The van der Waals surface area contributed by atoms with Gasteiger partial charge in [0.05, 0.1) is 0 Å². The fraction of sp³-hybridized carbons (Fsp3) is 0.929. The minimum atomic E-state index is -0.0660. The van der Waals surface area contributed by atoms with E-state index < -0.39 is 0 Å². The summed E-state index contributed by atoms with van der Waals surface area (Å²) in [6, 6.07) is 0. The lowest BCUT2D eigenvalue weighted by Crippen LogP contribution is -2.45. The van der Waals surface area contributed by atoms with Gasteiger partial charge in [0.1, 0.15) is 0 Å². The molecule has 0 aromatic carbocycles. The Bertz CT molecular complexity index is 232. The molecule has 2 nitrogen and oxygen atoms in total. The molecule has 96 valence electrons. The van der Waals surface area contributed by atoms with Crippen LogP contribution in [0, 0.1) is 11.3 Å². The minimum absolute atomic E-state index is 0.0660. The molecule has 0 N–H and O–H groups in total. The van der Waals surface area contributed by atoms with E-state index in [1.54, 1.807) is 6.92 Å². The van der Waals surface area contributed by atoms with Gasteiger partial charge in [-0.15, -0.1) is 0 Å². The molecule has 0 saturated carbocycles. The van der Waals surface area contributed by atoms with Crippen LogP contribution >= 0.6 is 0 Å². The van der Waals surface area contributed by atoms with Gasteiger partial charge in [-0.2, -0.15) is 0 Å². The molecule has 0 fully saturated rings. The number of hydrogen-bond donors (Lipinski definition) is 0. The predicted octanol–water partition coefficient (Wildman–Crippen LogP) is 3.71. The van der Waals surface area contributed by atoms with Gasteiger partial charge >= 0.3 is 0 Å². The zero-order valence-electron chi connectivity index (χ0n) is 12.3. The number of amides is 1. The quantitative estimate of drug-likeness (QED) is 0.720. The summed E-state index contributed by atoms with van der Waals surface area (Å²) in [5.41, 5.74) is 0.254. The Morgan fingerprint density at radius 3 is 1.81 bits per heavy atom. The van der Waals surface area contributed by atoms with Crippen LogP contribution in [0.4, 0.5) is 0 Å². The van der Waals surface area contributed by atoms with E-state index in [0.29, 0.717) is 11.3 Å². The molecule has 0 aromatic rings. The van der Waals surface area contributed by atoms with E-state index in [1.165, 1.54) is 0 Å². The highest BCUT2D eigenvalue weighted by atomic mass is 16.2. The lowest BCUT2D eigenvalue weighted by Gasteiger charge is -2.37. The molecule has 0 aliphatic carbocycles. The molecular weight excluding hydrogens is 198 g/mol. The van der Waals surface area contributed by atoms with Crippen molar-refractivity contribution in [3.05, 3.63) is 0 Å². The highest BCUT2D eigenvalue weighted by Gasteiger charge is 2.26. The van der Waals surface area contributed by atoms with Crippen LogP contribution in [0.1, 0.15) is 61.8 Å². The van der Waals surface area contributed by atoms with Gasteiger partial charge in [-0.05, 0) is 38.5 Å². The topological polar surface area (TPSA) is 20.3 Å². The molecule has 0 spiro atoms. The Hall–Kier alpha value is -0.530. The third-order valence-electron chi connectivity index (χ3n) is 3.45. The average Bonchev–Trinajstić information content (AvgIpc) is 1.98. The zero-order valence-corrected chi connectivity index (χ0v) is 12.3. The van der Waals surface area contributed by atoms with Gasteiger partial charge < -0.3 is 4.90 Å². The molecule has 0 radical (unpaired) electrons. The molecule has 16 heavy (non-hydrogen) atoms. The second-order valence-electron chi connectivity index (χ2n) is 6.90. The molecule has 1 amide bonds. The van der Waals surface area contributed by atoms with Crippen molar-refractivity contribution in [3.8, 4) is 0 Å². The van der Waals surface area contributed by atoms with E-state index in [1.807, 2.05) is 4.90 Å². The van der Waals surface area contributed by atoms with Crippen molar-refractivity contribution < 1.29 is 4.79 Å². The van der Waals surface area contributed by atoms with Crippen molar-refractivity contribution in [3.63, 3.8) is 0 Å². The predicted molar refractivity (Wildman–Crippen MR) is 70.4 cm³/mol. The molecule has 0 aromatic heterocycles. The first-order valence-electron chi connectivity index (χ1n) is 6.24. The van der Waals surface area contributed by atoms with Gasteiger partial charge in [0, 0.05) is 19.0 Å². The number of hydrogen-bond acceptors (Lipinski definition) is 1. The smallest absolute Gasteiger partial charge is 0.219 e. The van der Waals surface area contributed by atoms with Crippen LogP contribution in [0.15, 0.2) is 0 Å². The van der Waals surface area contributed by atoms with Crippen molar-refractivity contribution in [2.45, 2.75) is 67.3 Å². The summed E-state index contributed by atoms with van der Waals surface area (Å²) in [4.78, 5) is 13.5. The van der Waals surface area contributed by atoms with E-state index in [-0.39, 0.29) is 11.4 Å². The summed E-state index contributed by atoms with van der Waals surface area (Å²) in [6.45, 7) is 17.8. The van der Waals surface area contributed by atoms with Gasteiger partial charge in [0.2, 0.25) is 5.91 Å². The first kappa shape index (κ1) is 15.5. The summed E-state index contributed by atoms with van der Waals surface area (Å²) in [5.74, 6) is 0.797. The van der Waals surface area contributed by atoms with E-state index in [4.69, 9.17) is 0 Å². The molecular formula is C14H29NO. The normalized spacial score (nSPS) is 14.8. The third-order valence-corrected chi connectivity index (χ3v) is 3.45. The maximum absolute atomic E-state index is 11.6. The third kappa shape index (κ3) is 5.00. The summed E-state index contributed by atoms with van der Waals surface area (Å²) in [6.07, 6.45) is 1.07. The molecule has 0 rings (SSSR count). The second kappa shape index (κ2) is 5.20. The Kier molecular flexibility index (Phi) is 5.03. The second-order valence-corrected chi connectivity index (χ2v) is 6.90. The van der Waals surface area contributed by atoms with E-state index >= 15 is 0 Å². The van der Waals surface area contributed by atoms with Crippen LogP contribution in [-0.4, -0.2) is 22.9 Å². The Morgan fingerprint density at radius 1 is 1.12 bits per heavy atom. The number of carbonyl (C=O) groups is 1. The van der Waals surface area contributed by atoms with Crippen LogP contribution in [0.3, 0.4) is 0 Å². The van der Waals surface area contributed by atoms with Crippen LogP contribution in [-0.2, 0) is 4.79 Å². The lowest BCUT2D eigenvalue weighted by molar-refractivity contribution is -0.133. The van der Waals surface area contributed by atoms with E-state index in [2.05, 4.69) is 48.5 Å². The maximum Gasteiger partial charge on any atom is 0.219 e. The van der Waals surface area contributed by atoms with Crippen molar-refractivity contribution in [2.24, 2.45) is 11.3 Å². The van der Waals surface area contributed by atoms with Gasteiger partial charge in [-0.1, -0.05) is 27.7 Å². The molecule has 1 atom stereocenters. The highest BCUT2D eigenvalue weighted by Crippen LogP contribution is 2.29. The number of carbonyl (C=O) groups excluding carboxylic acids is 1. The zero-order chi connectivity index (χ0) is 13.1. The van der Waals surface area contributed by atoms with Crippen molar-refractivity contribution in [2.75, 3.05) is 6.54 Å². The molecule has 2 heteroatoms. The van der Waals surface area contributed by atoms with Crippen molar-refractivity contribution >= 4 is 5.91 Å². The lowest BCUT2D eigenvalue weighted by atomic mass is 9.80. The summed E-state index contributed by atoms with van der Waals surface area (Å²) in [5, 5.41) is 0. The largest absolute Gasteiger partial charge is 0.338 e. The minimum Gasteiger partial charge on any atom is -0.338 e. The van der Waals surface area contributed by atoms with Crippen LogP contribution in [0.25, 0.3) is 0 Å². The standard InChI is InChI=1S/C14H29NO/c1-11(13(3,4)5)9-10-15(12(2)16)14(6,7)8/h11H,9-10H2,1-8H3.